The van der Waals surface area contributed by atoms with E-state index >= 15 is 0 Å². The van der Waals surface area contributed by atoms with Gasteiger partial charge in [0.2, 0.25) is 5.91 Å². The molecule has 174 valence electrons. The van der Waals surface area contributed by atoms with Gasteiger partial charge in [-0.3, -0.25) is 9.36 Å². The van der Waals surface area contributed by atoms with Crippen molar-refractivity contribution in [2.75, 3.05) is 36.5 Å². The zero-order chi connectivity index (χ0) is 22.9. The van der Waals surface area contributed by atoms with Crippen LogP contribution in [-0.4, -0.2) is 61.5 Å². The molecule has 3 N–H and O–H groups in total. The first-order valence-corrected chi connectivity index (χ1v) is 13.1. The lowest BCUT2D eigenvalue weighted by molar-refractivity contribution is -0.128. The smallest absolute Gasteiger partial charge is 0.241 e. The molecule has 0 spiro atoms. The highest BCUT2D eigenvalue weighted by Gasteiger charge is 2.29. The molecule has 1 aliphatic heterocycles. The van der Waals surface area contributed by atoms with E-state index in [1.807, 2.05) is 22.7 Å². The quantitative estimate of drug-likeness (QED) is 0.357. The second-order valence-electron chi connectivity index (χ2n) is 8.99. The lowest BCUT2D eigenvalue weighted by Gasteiger charge is -2.29. The fourth-order valence-corrected chi connectivity index (χ4v) is 6.23. The molecule has 1 amide bonds. The van der Waals surface area contributed by atoms with E-state index in [1.165, 1.54) is 5.57 Å². The SMILES string of the molecule is CC1=CC(C)C(c2c(NCC(=O)N3CCSCC3)[nH]c(=S)n2-c2ccc3nc[nH]c3c2)CC1. The van der Waals surface area contributed by atoms with Crippen LogP contribution >= 0.6 is 24.0 Å². The minimum atomic E-state index is 0.139. The summed E-state index contributed by atoms with van der Waals surface area (Å²) in [5, 5.41) is 3.42. The van der Waals surface area contributed by atoms with E-state index in [2.05, 4.69) is 56.9 Å². The summed E-state index contributed by atoms with van der Waals surface area (Å²) in [7, 11) is 0. The largest absolute Gasteiger partial charge is 0.361 e. The molecule has 9 heteroatoms. The molecule has 0 radical (unpaired) electrons. The molecule has 33 heavy (non-hydrogen) atoms. The maximum Gasteiger partial charge on any atom is 0.241 e. The van der Waals surface area contributed by atoms with Crippen LogP contribution in [0.25, 0.3) is 16.7 Å². The molecule has 0 bridgehead atoms. The zero-order valence-electron chi connectivity index (χ0n) is 19.1. The number of allylic oxidation sites excluding steroid dienone is 2. The Morgan fingerprint density at radius 2 is 2.15 bits per heavy atom. The second kappa shape index (κ2) is 9.38. The van der Waals surface area contributed by atoms with Crippen LogP contribution < -0.4 is 5.32 Å². The molecule has 0 saturated carbocycles. The van der Waals surface area contributed by atoms with Crippen molar-refractivity contribution in [1.82, 2.24) is 24.4 Å². The molecule has 1 fully saturated rings. The number of carbonyl (C=O) groups is 1. The summed E-state index contributed by atoms with van der Waals surface area (Å²) >= 11 is 7.72. The molecular weight excluding hydrogens is 452 g/mol. The van der Waals surface area contributed by atoms with E-state index in [-0.39, 0.29) is 12.5 Å². The number of thioether (sulfide) groups is 1. The van der Waals surface area contributed by atoms with Gasteiger partial charge in [0.1, 0.15) is 5.82 Å². The van der Waals surface area contributed by atoms with Crippen molar-refractivity contribution in [3.8, 4) is 5.69 Å². The van der Waals surface area contributed by atoms with E-state index in [4.69, 9.17) is 12.2 Å². The Kier molecular flexibility index (Phi) is 6.34. The molecule has 1 aromatic carbocycles. The summed E-state index contributed by atoms with van der Waals surface area (Å²) < 4.78 is 2.77. The summed E-state index contributed by atoms with van der Waals surface area (Å²) in [6.07, 6.45) is 6.19. The molecule has 3 aromatic rings. The van der Waals surface area contributed by atoms with Crippen molar-refractivity contribution in [1.29, 1.82) is 0 Å². The second-order valence-corrected chi connectivity index (χ2v) is 10.6. The van der Waals surface area contributed by atoms with Gasteiger partial charge in [-0.1, -0.05) is 18.6 Å². The number of nitrogens with one attached hydrogen (secondary N) is 3. The number of benzene rings is 1. The molecule has 3 heterocycles. The minimum absolute atomic E-state index is 0.139. The van der Waals surface area contributed by atoms with Crippen LogP contribution in [0.5, 0.6) is 0 Å². The number of fused-ring (bicyclic) bond motifs is 1. The van der Waals surface area contributed by atoms with Gasteiger partial charge in [-0.2, -0.15) is 11.8 Å². The van der Waals surface area contributed by atoms with Gasteiger partial charge < -0.3 is 20.2 Å². The molecule has 2 aromatic heterocycles. The third-order valence-corrected chi connectivity index (χ3v) is 7.98. The Morgan fingerprint density at radius 1 is 1.33 bits per heavy atom. The first kappa shape index (κ1) is 22.3. The number of anilines is 1. The van der Waals surface area contributed by atoms with Gasteiger partial charge in [0, 0.05) is 30.5 Å². The highest BCUT2D eigenvalue weighted by atomic mass is 32.2. The van der Waals surface area contributed by atoms with Crippen LogP contribution in [0.2, 0.25) is 0 Å². The normalized spacial score (nSPS) is 21.3. The van der Waals surface area contributed by atoms with Crippen molar-refractivity contribution < 1.29 is 4.79 Å². The van der Waals surface area contributed by atoms with Crippen molar-refractivity contribution in [2.24, 2.45) is 5.92 Å². The number of hydrogen-bond acceptors (Lipinski definition) is 5. The average Bonchev–Trinajstić information content (AvgIpc) is 3.41. The molecule has 7 nitrogen and oxygen atoms in total. The lowest BCUT2D eigenvalue weighted by atomic mass is 9.80. The predicted octanol–water partition coefficient (Wildman–Crippen LogP) is 4.86. The van der Waals surface area contributed by atoms with Crippen LogP contribution in [0.1, 0.15) is 38.3 Å². The standard InChI is InChI=1S/C24H30N6OS2/c1-15-3-5-18(16(2)11-15)22-23(25-13-21(31)29-7-9-33-10-8-29)28-24(32)30(22)17-4-6-19-20(12-17)27-14-26-19/h4,6,11-12,14,16,18,25H,3,5,7-10,13H2,1-2H3,(H,26,27)(H,28,32). The zero-order valence-corrected chi connectivity index (χ0v) is 20.7. The van der Waals surface area contributed by atoms with Gasteiger partial charge in [0.25, 0.3) is 0 Å². The third-order valence-electron chi connectivity index (χ3n) is 6.76. The fraction of sp³-hybridized carbons (Fsp3) is 0.458. The summed E-state index contributed by atoms with van der Waals surface area (Å²) in [6, 6.07) is 6.16. The topological polar surface area (TPSA) is 81.7 Å². The van der Waals surface area contributed by atoms with E-state index in [9.17, 15) is 4.79 Å². The predicted molar refractivity (Wildman–Crippen MR) is 138 cm³/mol. The fourth-order valence-electron chi connectivity index (χ4n) is 5.02. The van der Waals surface area contributed by atoms with E-state index in [1.54, 1.807) is 6.33 Å². The summed E-state index contributed by atoms with van der Waals surface area (Å²) in [4.78, 5) is 25.7. The van der Waals surface area contributed by atoms with Gasteiger partial charge in [-0.25, -0.2) is 4.98 Å². The average molecular weight is 483 g/mol. The van der Waals surface area contributed by atoms with Gasteiger partial charge >= 0.3 is 0 Å². The van der Waals surface area contributed by atoms with Crippen molar-refractivity contribution >= 4 is 46.7 Å². The van der Waals surface area contributed by atoms with Crippen molar-refractivity contribution in [3.05, 3.63) is 46.6 Å². The maximum absolute atomic E-state index is 12.8. The first-order chi connectivity index (χ1) is 16.0. The molecule has 1 aliphatic carbocycles. The number of H-pyrrole nitrogens is 2. The number of aromatic amines is 2. The molecule has 2 aliphatic rings. The van der Waals surface area contributed by atoms with Crippen LogP contribution in [0.3, 0.4) is 0 Å². The van der Waals surface area contributed by atoms with Crippen LogP contribution in [0.4, 0.5) is 5.82 Å². The van der Waals surface area contributed by atoms with Crippen LogP contribution in [-0.2, 0) is 4.79 Å². The van der Waals surface area contributed by atoms with E-state index < -0.39 is 0 Å². The minimum Gasteiger partial charge on any atom is -0.361 e. The number of amides is 1. The summed E-state index contributed by atoms with van der Waals surface area (Å²) in [6.45, 7) is 6.39. The Balaban J connectivity index is 1.52. The number of imidazole rings is 2. The Hall–Kier alpha value is -2.52. The van der Waals surface area contributed by atoms with Gasteiger partial charge in [0.15, 0.2) is 4.77 Å². The number of rotatable bonds is 5. The third kappa shape index (κ3) is 4.48. The first-order valence-electron chi connectivity index (χ1n) is 11.6. The molecule has 2 unspecified atom stereocenters. The van der Waals surface area contributed by atoms with Gasteiger partial charge in [-0.05, 0) is 56.1 Å². The van der Waals surface area contributed by atoms with Crippen molar-refractivity contribution in [2.45, 2.75) is 32.6 Å². The number of hydrogen-bond donors (Lipinski definition) is 3. The van der Waals surface area contributed by atoms with Crippen LogP contribution in [0.15, 0.2) is 36.2 Å². The summed E-state index contributed by atoms with van der Waals surface area (Å²) in [5.41, 5.74) is 5.45. The van der Waals surface area contributed by atoms with Gasteiger partial charge in [-0.15, -0.1) is 0 Å². The molecule has 5 rings (SSSR count). The van der Waals surface area contributed by atoms with E-state index in [0.29, 0.717) is 16.6 Å². The Bertz CT molecular complexity index is 1250. The van der Waals surface area contributed by atoms with Gasteiger partial charge in [0.05, 0.1) is 35.3 Å². The number of carbonyl (C=O) groups excluding carboxylic acids is 1. The Labute approximate surface area is 203 Å². The molecular formula is C24H30N6OS2. The summed E-state index contributed by atoms with van der Waals surface area (Å²) in [5.74, 6) is 3.69. The van der Waals surface area contributed by atoms with Crippen LogP contribution in [0, 0.1) is 10.7 Å². The van der Waals surface area contributed by atoms with Crippen molar-refractivity contribution in [3.63, 3.8) is 0 Å². The monoisotopic (exact) mass is 482 g/mol. The highest BCUT2D eigenvalue weighted by Crippen LogP contribution is 2.40. The number of aromatic nitrogens is 4. The lowest BCUT2D eigenvalue weighted by Crippen LogP contribution is -2.41. The molecule has 2 atom stereocenters. The maximum atomic E-state index is 12.8. The highest BCUT2D eigenvalue weighted by molar-refractivity contribution is 7.99. The number of nitrogens with zero attached hydrogens (tertiary/aromatic N) is 3. The van der Waals surface area contributed by atoms with E-state index in [0.717, 1.165) is 65.7 Å². The molecule has 1 saturated heterocycles. The Morgan fingerprint density at radius 3 is 2.94 bits per heavy atom.